The summed E-state index contributed by atoms with van der Waals surface area (Å²) in [5, 5.41) is 0. The number of hydrogen-bond acceptors (Lipinski definition) is 4. The van der Waals surface area contributed by atoms with E-state index in [0.717, 1.165) is 26.2 Å². The lowest BCUT2D eigenvalue weighted by Gasteiger charge is -2.34. The molecule has 0 saturated carbocycles. The van der Waals surface area contributed by atoms with Crippen molar-refractivity contribution >= 4 is 0 Å². The first-order chi connectivity index (χ1) is 5.86. The molecule has 0 aromatic rings. The molecule has 0 radical (unpaired) electrons. The fourth-order valence-electron chi connectivity index (χ4n) is 1.56. The monoisotopic (exact) mass is 169 g/mol. The van der Waals surface area contributed by atoms with Crippen LogP contribution in [-0.2, 0) is 4.84 Å². The smallest absolute Gasteiger partial charge is 0.116 e. The van der Waals surface area contributed by atoms with Crippen molar-refractivity contribution in [2.24, 2.45) is 0 Å². The van der Waals surface area contributed by atoms with Crippen molar-refractivity contribution < 1.29 is 4.84 Å². The molecule has 0 bridgehead atoms. The highest BCUT2D eigenvalue weighted by atomic mass is 16.6. The Labute approximate surface area is 72.7 Å². The minimum absolute atomic E-state index is 0.290. The van der Waals surface area contributed by atoms with Crippen molar-refractivity contribution in [3.05, 3.63) is 12.3 Å². The molecule has 2 aliphatic heterocycles. The summed E-state index contributed by atoms with van der Waals surface area (Å²) in [5.41, 5.74) is 2.94. The van der Waals surface area contributed by atoms with E-state index in [9.17, 15) is 0 Å². The lowest BCUT2D eigenvalue weighted by atomic mass is 10.3. The average molecular weight is 169 g/mol. The van der Waals surface area contributed by atoms with Crippen molar-refractivity contribution in [2.45, 2.75) is 6.17 Å². The molecule has 0 aromatic carbocycles. The maximum atomic E-state index is 4.95. The molecule has 0 amide bonds. The molecule has 2 rings (SSSR count). The van der Waals surface area contributed by atoms with E-state index in [0.29, 0.717) is 6.17 Å². The third-order valence-electron chi connectivity index (χ3n) is 2.45. The molecule has 2 aliphatic rings. The van der Waals surface area contributed by atoms with E-state index in [1.165, 1.54) is 0 Å². The van der Waals surface area contributed by atoms with E-state index >= 15 is 0 Å². The zero-order valence-electron chi connectivity index (χ0n) is 7.36. The van der Waals surface area contributed by atoms with Gasteiger partial charge in [0, 0.05) is 26.2 Å². The van der Waals surface area contributed by atoms with Crippen LogP contribution in [0.1, 0.15) is 0 Å². The van der Waals surface area contributed by atoms with E-state index < -0.39 is 0 Å². The molecule has 4 nitrogen and oxygen atoms in total. The number of hydroxylamine groups is 1. The van der Waals surface area contributed by atoms with Gasteiger partial charge in [-0.1, -0.05) is 0 Å². The summed E-state index contributed by atoms with van der Waals surface area (Å²) in [6.07, 6.45) is 4.05. The molecule has 1 N–H and O–H groups in total. The molecule has 68 valence electrons. The number of piperazine rings is 1. The number of nitrogens with zero attached hydrogens (tertiary/aromatic N) is 2. The summed E-state index contributed by atoms with van der Waals surface area (Å²) in [6, 6.07) is 0. The lowest BCUT2D eigenvalue weighted by Crippen LogP contribution is -2.51. The number of hydrogen-bond donors (Lipinski definition) is 1. The first kappa shape index (κ1) is 8.04. The van der Waals surface area contributed by atoms with Crippen LogP contribution >= 0.6 is 0 Å². The highest BCUT2D eigenvalue weighted by Gasteiger charge is 2.22. The molecule has 12 heavy (non-hydrogen) atoms. The van der Waals surface area contributed by atoms with E-state index in [2.05, 4.69) is 22.3 Å². The first-order valence-electron chi connectivity index (χ1n) is 4.37. The molecule has 0 aromatic heterocycles. The third kappa shape index (κ3) is 1.60. The zero-order valence-corrected chi connectivity index (χ0v) is 7.36. The van der Waals surface area contributed by atoms with E-state index in [1.807, 2.05) is 6.08 Å². The van der Waals surface area contributed by atoms with Crippen molar-refractivity contribution in [3.63, 3.8) is 0 Å². The van der Waals surface area contributed by atoms with Crippen molar-refractivity contribution in [3.8, 4) is 0 Å². The van der Waals surface area contributed by atoms with Gasteiger partial charge >= 0.3 is 0 Å². The standard InChI is InChI=1S/C8H15N3O/c1-10-3-5-11(6-4-10)8-2-7-12-9-8/h2,7-9H,3-6H2,1H3. The Bertz CT molecular complexity index is 175. The van der Waals surface area contributed by atoms with Crippen LogP contribution in [-0.4, -0.2) is 49.2 Å². The van der Waals surface area contributed by atoms with E-state index in [1.54, 1.807) is 6.26 Å². The van der Waals surface area contributed by atoms with Crippen molar-refractivity contribution in [1.82, 2.24) is 15.3 Å². The third-order valence-corrected chi connectivity index (χ3v) is 2.45. The highest BCUT2D eigenvalue weighted by molar-refractivity contribution is 4.92. The quantitative estimate of drug-likeness (QED) is 0.578. The maximum Gasteiger partial charge on any atom is 0.116 e. The molecular formula is C8H15N3O. The van der Waals surface area contributed by atoms with Crippen LogP contribution in [0.25, 0.3) is 0 Å². The van der Waals surface area contributed by atoms with Gasteiger partial charge < -0.3 is 9.74 Å². The Morgan fingerprint density at radius 2 is 2.08 bits per heavy atom. The average Bonchev–Trinajstić information content (AvgIpc) is 2.58. The summed E-state index contributed by atoms with van der Waals surface area (Å²) in [5.74, 6) is 0. The summed E-state index contributed by atoms with van der Waals surface area (Å²) in [7, 11) is 2.16. The SMILES string of the molecule is CN1CCN(C2C=CON2)CC1. The first-order valence-corrected chi connectivity index (χ1v) is 4.37. The second-order valence-corrected chi connectivity index (χ2v) is 3.35. The van der Waals surface area contributed by atoms with Crippen LogP contribution in [0.4, 0.5) is 0 Å². The lowest BCUT2D eigenvalue weighted by molar-refractivity contribution is 0.0443. The minimum Gasteiger partial charge on any atom is -0.415 e. The molecule has 1 atom stereocenters. The van der Waals surface area contributed by atoms with Crippen molar-refractivity contribution in [2.75, 3.05) is 33.2 Å². The van der Waals surface area contributed by atoms with Gasteiger partial charge in [-0.25, -0.2) is 0 Å². The van der Waals surface area contributed by atoms with Crippen LogP contribution in [0.2, 0.25) is 0 Å². The Hall–Kier alpha value is -0.580. The molecule has 0 spiro atoms. The fraction of sp³-hybridized carbons (Fsp3) is 0.750. The second-order valence-electron chi connectivity index (χ2n) is 3.35. The Balaban J connectivity index is 1.84. The number of likely N-dealkylation sites (N-methyl/N-ethyl adjacent to an activating group) is 1. The van der Waals surface area contributed by atoms with Crippen molar-refractivity contribution in [1.29, 1.82) is 0 Å². The molecule has 4 heteroatoms. The summed E-state index contributed by atoms with van der Waals surface area (Å²) >= 11 is 0. The van der Waals surface area contributed by atoms with Gasteiger partial charge in [0.1, 0.15) is 12.4 Å². The molecular weight excluding hydrogens is 154 g/mol. The zero-order chi connectivity index (χ0) is 8.39. The Morgan fingerprint density at radius 3 is 2.67 bits per heavy atom. The second kappa shape index (κ2) is 3.43. The maximum absolute atomic E-state index is 4.95. The summed E-state index contributed by atoms with van der Waals surface area (Å²) < 4.78 is 0. The molecule has 1 fully saturated rings. The van der Waals surface area contributed by atoms with Crippen LogP contribution < -0.4 is 5.48 Å². The normalized spacial score (nSPS) is 32.2. The van der Waals surface area contributed by atoms with Gasteiger partial charge in [-0.15, -0.1) is 5.48 Å². The van der Waals surface area contributed by atoms with E-state index in [-0.39, 0.29) is 0 Å². The van der Waals surface area contributed by atoms with Crippen LogP contribution in [0.15, 0.2) is 12.3 Å². The Kier molecular flexibility index (Phi) is 2.30. The summed E-state index contributed by atoms with van der Waals surface area (Å²) in [6.45, 7) is 4.52. The van der Waals surface area contributed by atoms with Gasteiger partial charge in [0.2, 0.25) is 0 Å². The van der Waals surface area contributed by atoms with Crippen LogP contribution in [0.3, 0.4) is 0 Å². The van der Waals surface area contributed by atoms with Gasteiger partial charge in [-0.2, -0.15) is 0 Å². The largest absolute Gasteiger partial charge is 0.415 e. The number of rotatable bonds is 1. The molecule has 0 aliphatic carbocycles. The van der Waals surface area contributed by atoms with Crippen LogP contribution in [0.5, 0.6) is 0 Å². The van der Waals surface area contributed by atoms with Gasteiger partial charge in [0.05, 0.1) is 0 Å². The number of nitrogens with one attached hydrogen (secondary N) is 1. The minimum atomic E-state index is 0.290. The molecule has 2 heterocycles. The van der Waals surface area contributed by atoms with Gasteiger partial charge in [0.15, 0.2) is 0 Å². The highest BCUT2D eigenvalue weighted by Crippen LogP contribution is 2.07. The van der Waals surface area contributed by atoms with Gasteiger partial charge in [-0.3, -0.25) is 4.90 Å². The summed E-state index contributed by atoms with van der Waals surface area (Å²) in [4.78, 5) is 9.67. The fourth-order valence-corrected chi connectivity index (χ4v) is 1.56. The van der Waals surface area contributed by atoms with Gasteiger partial charge in [-0.05, 0) is 13.1 Å². The van der Waals surface area contributed by atoms with E-state index in [4.69, 9.17) is 4.84 Å². The predicted molar refractivity (Wildman–Crippen MR) is 46.2 cm³/mol. The van der Waals surface area contributed by atoms with Crippen LogP contribution in [0, 0.1) is 0 Å². The molecule has 1 saturated heterocycles. The Morgan fingerprint density at radius 1 is 1.33 bits per heavy atom. The topological polar surface area (TPSA) is 27.7 Å². The molecule has 1 unspecified atom stereocenters. The predicted octanol–water partition coefficient (Wildman–Crippen LogP) is -0.392. The van der Waals surface area contributed by atoms with Gasteiger partial charge in [0.25, 0.3) is 0 Å².